The van der Waals surface area contributed by atoms with Gasteiger partial charge < -0.3 is 9.64 Å². The lowest BCUT2D eigenvalue weighted by atomic mass is 9.85. The molecule has 2 fully saturated rings. The molecular weight excluding hydrogens is 463 g/mol. The number of carbonyl (C=O) groups is 3. The Morgan fingerprint density at radius 3 is 2.61 bits per heavy atom. The third-order valence-corrected chi connectivity index (χ3v) is 6.99. The van der Waals surface area contributed by atoms with Gasteiger partial charge in [0.1, 0.15) is 5.41 Å². The van der Waals surface area contributed by atoms with Crippen molar-refractivity contribution in [2.75, 3.05) is 26.7 Å². The Kier molecular flexibility index (Phi) is 6.46. The Labute approximate surface area is 208 Å². The van der Waals surface area contributed by atoms with Gasteiger partial charge in [-0.05, 0) is 49.7 Å². The molecular formula is C27H27FN4O4. The SMILES string of the molecule is COc1ccc2c(c1F)C(=O)N(C[C@@]1(C#Cc3ccc(CN4CCCCC4)nc3)CC(=O)NC1=O)C2. The average Bonchev–Trinajstić information content (AvgIpc) is 3.34. The first-order chi connectivity index (χ1) is 17.4. The topological polar surface area (TPSA) is 91.8 Å². The molecule has 0 bridgehead atoms. The molecule has 1 aromatic heterocycles. The van der Waals surface area contributed by atoms with Crippen LogP contribution in [0, 0.1) is 23.1 Å². The van der Waals surface area contributed by atoms with E-state index in [2.05, 4.69) is 27.0 Å². The molecule has 0 spiro atoms. The quantitative estimate of drug-likeness (QED) is 0.511. The fourth-order valence-corrected chi connectivity index (χ4v) is 5.05. The first-order valence-electron chi connectivity index (χ1n) is 12.1. The van der Waals surface area contributed by atoms with E-state index in [0.29, 0.717) is 11.1 Å². The number of fused-ring (bicyclic) bond motifs is 1. The maximum Gasteiger partial charge on any atom is 0.257 e. The van der Waals surface area contributed by atoms with E-state index in [1.54, 1.807) is 12.3 Å². The Balaban J connectivity index is 1.36. The molecule has 3 amide bonds. The van der Waals surface area contributed by atoms with Crippen molar-refractivity contribution in [3.05, 3.63) is 58.7 Å². The number of nitrogens with one attached hydrogen (secondary N) is 1. The summed E-state index contributed by atoms with van der Waals surface area (Å²) in [5.74, 6) is 3.61. The molecule has 0 aliphatic carbocycles. The number of aromatic nitrogens is 1. The van der Waals surface area contributed by atoms with Crippen LogP contribution in [-0.2, 0) is 22.7 Å². The number of halogens is 1. The molecule has 9 heteroatoms. The van der Waals surface area contributed by atoms with Crippen molar-refractivity contribution in [1.82, 2.24) is 20.1 Å². The van der Waals surface area contributed by atoms with E-state index in [4.69, 9.17) is 4.74 Å². The molecule has 1 aromatic carbocycles. The van der Waals surface area contributed by atoms with Gasteiger partial charge in [0.2, 0.25) is 11.8 Å². The van der Waals surface area contributed by atoms with Crippen LogP contribution >= 0.6 is 0 Å². The highest BCUT2D eigenvalue weighted by molar-refractivity contribution is 6.08. The fraction of sp³-hybridized carbons (Fsp3) is 0.407. The molecule has 0 unspecified atom stereocenters. The van der Waals surface area contributed by atoms with Crippen LogP contribution in [-0.4, -0.2) is 59.2 Å². The van der Waals surface area contributed by atoms with Crippen LogP contribution in [0.15, 0.2) is 30.5 Å². The van der Waals surface area contributed by atoms with Crippen LogP contribution in [0.25, 0.3) is 0 Å². The number of hydrogen-bond donors (Lipinski definition) is 1. The summed E-state index contributed by atoms with van der Waals surface area (Å²) in [5, 5.41) is 2.30. The number of hydrogen-bond acceptors (Lipinski definition) is 6. The number of benzene rings is 1. The lowest BCUT2D eigenvalue weighted by Gasteiger charge is -2.26. The number of methoxy groups -OCH3 is 1. The molecule has 1 N–H and O–H groups in total. The van der Waals surface area contributed by atoms with Crippen LogP contribution < -0.4 is 10.1 Å². The first-order valence-corrected chi connectivity index (χ1v) is 12.1. The lowest BCUT2D eigenvalue weighted by Crippen LogP contribution is -2.42. The van der Waals surface area contributed by atoms with Crippen LogP contribution in [0.4, 0.5) is 4.39 Å². The zero-order valence-electron chi connectivity index (χ0n) is 20.1. The minimum atomic E-state index is -1.43. The Bertz CT molecular complexity index is 1280. The predicted octanol–water partition coefficient (Wildman–Crippen LogP) is 2.26. The van der Waals surface area contributed by atoms with E-state index in [1.165, 1.54) is 37.3 Å². The number of likely N-dealkylation sites (tertiary alicyclic amines) is 1. The number of rotatable bonds is 5. The molecule has 5 rings (SSSR count). The summed E-state index contributed by atoms with van der Waals surface area (Å²) in [5.41, 5.74) is 0.553. The highest BCUT2D eigenvalue weighted by atomic mass is 19.1. The Hall–Kier alpha value is -3.77. The maximum atomic E-state index is 14.8. The monoisotopic (exact) mass is 490 g/mol. The minimum absolute atomic E-state index is 0.0246. The van der Waals surface area contributed by atoms with Crippen LogP contribution in [0.1, 0.15) is 52.9 Å². The van der Waals surface area contributed by atoms with Gasteiger partial charge in [0.15, 0.2) is 11.6 Å². The normalized spacial score (nSPS) is 21.7. The zero-order chi connectivity index (χ0) is 25.3. The second-order valence-electron chi connectivity index (χ2n) is 9.54. The molecule has 186 valence electrons. The number of amides is 3. The second-order valence-corrected chi connectivity index (χ2v) is 9.54. The van der Waals surface area contributed by atoms with Crippen LogP contribution in [0.2, 0.25) is 0 Å². The number of nitrogens with zero attached hydrogens (tertiary/aromatic N) is 3. The van der Waals surface area contributed by atoms with Crippen molar-refractivity contribution in [2.45, 2.75) is 38.8 Å². The van der Waals surface area contributed by atoms with Crippen molar-refractivity contribution in [1.29, 1.82) is 0 Å². The molecule has 1 atom stereocenters. The summed E-state index contributed by atoms with van der Waals surface area (Å²) in [6.45, 7) is 2.92. The van der Waals surface area contributed by atoms with Gasteiger partial charge >= 0.3 is 0 Å². The number of ether oxygens (including phenoxy) is 1. The van der Waals surface area contributed by atoms with Gasteiger partial charge in [0.05, 0.1) is 24.8 Å². The lowest BCUT2D eigenvalue weighted by molar-refractivity contribution is -0.127. The Morgan fingerprint density at radius 2 is 1.94 bits per heavy atom. The minimum Gasteiger partial charge on any atom is -0.494 e. The van der Waals surface area contributed by atoms with Crippen molar-refractivity contribution < 1.29 is 23.5 Å². The third kappa shape index (κ3) is 4.56. The number of pyridine rings is 1. The van der Waals surface area contributed by atoms with Gasteiger partial charge in [-0.2, -0.15) is 0 Å². The standard InChI is InChI=1S/C27H27FN4O4/c1-36-21-8-6-19-15-32(25(34)23(19)24(21)28)17-27(13-22(33)30-26(27)35)10-9-18-5-7-20(29-14-18)16-31-11-3-2-4-12-31/h5-8,14H,2-4,11-13,15-17H2,1H3,(H,30,33,35)/t27-/m1/s1. The summed E-state index contributed by atoms with van der Waals surface area (Å²) >= 11 is 0. The van der Waals surface area contributed by atoms with E-state index in [0.717, 1.165) is 25.3 Å². The van der Waals surface area contributed by atoms with Crippen molar-refractivity contribution in [3.8, 4) is 17.6 Å². The van der Waals surface area contributed by atoms with Crippen LogP contribution in [0.5, 0.6) is 5.75 Å². The highest BCUT2D eigenvalue weighted by Gasteiger charge is 2.49. The molecule has 2 saturated heterocycles. The van der Waals surface area contributed by atoms with Gasteiger partial charge in [-0.15, -0.1) is 0 Å². The Morgan fingerprint density at radius 1 is 1.14 bits per heavy atom. The average molecular weight is 491 g/mol. The molecule has 3 aliphatic rings. The van der Waals surface area contributed by atoms with E-state index >= 15 is 0 Å². The predicted molar refractivity (Wildman–Crippen MR) is 128 cm³/mol. The van der Waals surface area contributed by atoms with Crippen molar-refractivity contribution in [2.24, 2.45) is 5.41 Å². The molecule has 0 radical (unpaired) electrons. The number of imide groups is 1. The summed E-state index contributed by atoms with van der Waals surface area (Å²) in [4.78, 5) is 46.3. The third-order valence-electron chi connectivity index (χ3n) is 6.99. The second kappa shape index (κ2) is 9.70. The molecule has 4 heterocycles. The summed E-state index contributed by atoms with van der Waals surface area (Å²) < 4.78 is 19.7. The summed E-state index contributed by atoms with van der Waals surface area (Å²) in [6.07, 6.45) is 5.17. The molecule has 8 nitrogen and oxygen atoms in total. The summed E-state index contributed by atoms with van der Waals surface area (Å²) in [7, 11) is 1.33. The van der Waals surface area contributed by atoms with Gasteiger partial charge in [0.25, 0.3) is 5.91 Å². The molecule has 0 saturated carbocycles. The van der Waals surface area contributed by atoms with E-state index in [1.807, 2.05) is 12.1 Å². The maximum absolute atomic E-state index is 14.8. The van der Waals surface area contributed by atoms with Gasteiger partial charge in [-0.3, -0.25) is 29.6 Å². The van der Waals surface area contributed by atoms with E-state index in [9.17, 15) is 18.8 Å². The largest absolute Gasteiger partial charge is 0.494 e. The molecule has 3 aliphatic heterocycles. The van der Waals surface area contributed by atoms with Crippen molar-refractivity contribution >= 4 is 17.7 Å². The summed E-state index contributed by atoms with van der Waals surface area (Å²) in [6, 6.07) is 6.86. The van der Waals surface area contributed by atoms with Crippen molar-refractivity contribution in [3.63, 3.8) is 0 Å². The molecule has 36 heavy (non-hydrogen) atoms. The van der Waals surface area contributed by atoms with E-state index in [-0.39, 0.29) is 30.8 Å². The fourth-order valence-electron chi connectivity index (χ4n) is 5.05. The zero-order valence-corrected chi connectivity index (χ0v) is 20.1. The first kappa shape index (κ1) is 23.9. The number of piperidine rings is 1. The molecule has 2 aromatic rings. The highest BCUT2D eigenvalue weighted by Crippen LogP contribution is 2.35. The van der Waals surface area contributed by atoms with Gasteiger partial charge in [-0.1, -0.05) is 24.3 Å². The number of carbonyl (C=O) groups excluding carboxylic acids is 3. The smallest absolute Gasteiger partial charge is 0.257 e. The van der Waals surface area contributed by atoms with Gasteiger partial charge in [-0.25, -0.2) is 4.39 Å². The van der Waals surface area contributed by atoms with Crippen LogP contribution in [0.3, 0.4) is 0 Å². The van der Waals surface area contributed by atoms with E-state index < -0.39 is 29.0 Å². The van der Waals surface area contributed by atoms with Gasteiger partial charge in [0, 0.05) is 31.4 Å².